The molecule has 1 N–H and O–H groups in total. The van der Waals surface area contributed by atoms with Gasteiger partial charge in [0.25, 0.3) is 0 Å². The number of carbonyl (C=O) groups is 1. The molecular weight excluding hydrogens is 140 g/mol. The maximum Gasteiger partial charge on any atom is 0.245 e. The molecule has 9 heavy (non-hydrogen) atoms. The number of amides is 1. The average Bonchev–Trinajstić information content (AvgIpc) is 1.94. The molecule has 50 valence electrons. The Labute approximate surface area is 59.3 Å². The maximum absolute atomic E-state index is 10.4. The first-order valence-corrected chi connectivity index (χ1v) is 2.34. The van der Waals surface area contributed by atoms with Crippen molar-refractivity contribution in [3.63, 3.8) is 0 Å². The third kappa shape index (κ3) is 2.87. The van der Waals surface area contributed by atoms with E-state index < -0.39 is 0 Å². The number of nitrogens with one attached hydrogen (secondary N) is 1. The van der Waals surface area contributed by atoms with E-state index in [-0.39, 0.29) is 24.9 Å². The number of allylic oxidation sites excluding steroid dienone is 1. The molecular formula is C5H7ClN2O. The summed E-state index contributed by atoms with van der Waals surface area (Å²) in [6.45, 7) is 0.243. The van der Waals surface area contributed by atoms with Gasteiger partial charge in [0, 0.05) is 12.4 Å². The van der Waals surface area contributed by atoms with Crippen LogP contribution in [0.2, 0.25) is 0 Å². The summed E-state index contributed by atoms with van der Waals surface area (Å²) in [5.74, 6) is -0.0602. The zero-order valence-corrected chi connectivity index (χ0v) is 5.52. The van der Waals surface area contributed by atoms with Crippen molar-refractivity contribution in [1.29, 1.82) is 0 Å². The van der Waals surface area contributed by atoms with Gasteiger partial charge in [-0.25, -0.2) is 0 Å². The summed E-state index contributed by atoms with van der Waals surface area (Å²) >= 11 is 0. The molecule has 0 saturated heterocycles. The molecule has 1 rings (SSSR count). The van der Waals surface area contributed by atoms with Gasteiger partial charge >= 0.3 is 0 Å². The molecule has 0 bridgehead atoms. The molecule has 0 radical (unpaired) electrons. The minimum absolute atomic E-state index is 0. The predicted octanol–water partition coefficient (Wildman–Crippen LogP) is 0.122. The SMILES string of the molecule is Cl.O=C1CN=CC=CN1. The Hall–Kier alpha value is -0.830. The van der Waals surface area contributed by atoms with Crippen LogP contribution in [0.1, 0.15) is 0 Å². The third-order valence-electron chi connectivity index (χ3n) is 0.767. The lowest BCUT2D eigenvalue weighted by Gasteiger charge is -1.88. The summed E-state index contributed by atoms with van der Waals surface area (Å²) in [5.41, 5.74) is 0. The molecule has 1 heterocycles. The Morgan fingerprint density at radius 1 is 1.67 bits per heavy atom. The number of nitrogens with zero attached hydrogens (tertiary/aromatic N) is 1. The normalized spacial score (nSPS) is 15.8. The lowest BCUT2D eigenvalue weighted by atomic mass is 10.6. The van der Waals surface area contributed by atoms with Gasteiger partial charge in [-0.15, -0.1) is 12.4 Å². The summed E-state index contributed by atoms with van der Waals surface area (Å²) < 4.78 is 0. The van der Waals surface area contributed by atoms with Gasteiger partial charge in [0.2, 0.25) is 5.91 Å². The smallest absolute Gasteiger partial charge is 0.245 e. The molecule has 1 aliphatic rings. The number of hydrogen-bond donors (Lipinski definition) is 1. The molecule has 0 saturated carbocycles. The molecule has 0 aliphatic carbocycles. The number of rotatable bonds is 0. The molecule has 4 heteroatoms. The second kappa shape index (κ2) is 4.09. The highest BCUT2D eigenvalue weighted by molar-refractivity contribution is 5.85. The number of halogens is 1. The van der Waals surface area contributed by atoms with Crippen LogP contribution in [-0.4, -0.2) is 18.7 Å². The Kier molecular flexibility index (Phi) is 3.71. The first-order chi connectivity index (χ1) is 3.89. The van der Waals surface area contributed by atoms with Crippen molar-refractivity contribution in [3.8, 4) is 0 Å². The van der Waals surface area contributed by atoms with Crippen molar-refractivity contribution >= 4 is 24.5 Å². The molecule has 0 atom stereocenters. The van der Waals surface area contributed by atoms with Crippen LogP contribution in [0.4, 0.5) is 0 Å². The summed E-state index contributed by atoms with van der Waals surface area (Å²) in [4.78, 5) is 14.1. The van der Waals surface area contributed by atoms with E-state index in [1.54, 1.807) is 18.5 Å². The van der Waals surface area contributed by atoms with Crippen LogP contribution < -0.4 is 5.32 Å². The van der Waals surface area contributed by atoms with Crippen LogP contribution in [0, 0.1) is 0 Å². The Morgan fingerprint density at radius 2 is 2.44 bits per heavy atom. The molecule has 3 nitrogen and oxygen atoms in total. The predicted molar refractivity (Wildman–Crippen MR) is 37.9 cm³/mol. The fourth-order valence-electron chi connectivity index (χ4n) is 0.426. The summed E-state index contributed by atoms with van der Waals surface area (Å²) in [5, 5.41) is 2.50. The van der Waals surface area contributed by atoms with E-state index in [2.05, 4.69) is 10.3 Å². The number of hydrogen-bond acceptors (Lipinski definition) is 2. The molecule has 1 amide bonds. The van der Waals surface area contributed by atoms with E-state index in [0.29, 0.717) is 0 Å². The average molecular weight is 147 g/mol. The molecule has 0 aromatic heterocycles. The minimum atomic E-state index is -0.0602. The van der Waals surface area contributed by atoms with Crippen molar-refractivity contribution in [2.24, 2.45) is 4.99 Å². The molecule has 0 unspecified atom stereocenters. The van der Waals surface area contributed by atoms with Gasteiger partial charge in [0.1, 0.15) is 6.54 Å². The molecule has 0 fully saturated rings. The Bertz CT molecular complexity index is 137. The standard InChI is InChI=1S/C5H6N2O.ClH/c8-5-4-6-2-1-3-7-5;/h1-3H,4H2,(H,7,8);1H. The van der Waals surface area contributed by atoms with Crippen molar-refractivity contribution in [2.75, 3.05) is 6.54 Å². The Morgan fingerprint density at radius 3 is 3.22 bits per heavy atom. The molecule has 1 aliphatic heterocycles. The minimum Gasteiger partial charge on any atom is -0.331 e. The quantitative estimate of drug-likeness (QED) is 0.518. The van der Waals surface area contributed by atoms with E-state index in [1.165, 1.54) is 0 Å². The topological polar surface area (TPSA) is 41.5 Å². The maximum atomic E-state index is 10.4. The molecule has 0 aromatic rings. The van der Waals surface area contributed by atoms with Crippen molar-refractivity contribution in [1.82, 2.24) is 5.32 Å². The summed E-state index contributed by atoms with van der Waals surface area (Å²) in [6.07, 6.45) is 4.85. The summed E-state index contributed by atoms with van der Waals surface area (Å²) in [7, 11) is 0. The van der Waals surface area contributed by atoms with Gasteiger partial charge in [-0.3, -0.25) is 9.79 Å². The van der Waals surface area contributed by atoms with Crippen LogP contribution >= 0.6 is 12.4 Å². The van der Waals surface area contributed by atoms with Crippen LogP contribution in [0.15, 0.2) is 17.3 Å². The van der Waals surface area contributed by atoms with E-state index in [1.807, 2.05) is 0 Å². The highest BCUT2D eigenvalue weighted by Gasteiger charge is 1.94. The monoisotopic (exact) mass is 146 g/mol. The lowest BCUT2D eigenvalue weighted by molar-refractivity contribution is -0.118. The van der Waals surface area contributed by atoms with Gasteiger partial charge < -0.3 is 5.32 Å². The second-order valence-electron chi connectivity index (χ2n) is 1.42. The van der Waals surface area contributed by atoms with Crippen molar-refractivity contribution in [3.05, 3.63) is 12.3 Å². The van der Waals surface area contributed by atoms with Crippen LogP contribution in [-0.2, 0) is 4.79 Å². The van der Waals surface area contributed by atoms with Gasteiger partial charge in [0.15, 0.2) is 0 Å². The number of aliphatic imine (C=N–C) groups is 1. The fraction of sp³-hybridized carbons (Fsp3) is 0.200. The van der Waals surface area contributed by atoms with Crippen molar-refractivity contribution < 1.29 is 4.79 Å². The van der Waals surface area contributed by atoms with Crippen LogP contribution in [0.3, 0.4) is 0 Å². The van der Waals surface area contributed by atoms with E-state index in [0.717, 1.165) is 0 Å². The largest absolute Gasteiger partial charge is 0.331 e. The van der Waals surface area contributed by atoms with Gasteiger partial charge in [-0.1, -0.05) is 0 Å². The highest BCUT2D eigenvalue weighted by Crippen LogP contribution is 1.76. The third-order valence-corrected chi connectivity index (χ3v) is 0.767. The highest BCUT2D eigenvalue weighted by atomic mass is 35.5. The first-order valence-electron chi connectivity index (χ1n) is 2.34. The second-order valence-corrected chi connectivity index (χ2v) is 1.42. The molecule has 0 spiro atoms. The van der Waals surface area contributed by atoms with E-state index >= 15 is 0 Å². The zero-order valence-electron chi connectivity index (χ0n) is 4.70. The van der Waals surface area contributed by atoms with E-state index in [4.69, 9.17) is 0 Å². The van der Waals surface area contributed by atoms with E-state index in [9.17, 15) is 4.79 Å². The Balaban J connectivity index is 0.000000640. The lowest BCUT2D eigenvalue weighted by Crippen LogP contribution is -2.18. The van der Waals surface area contributed by atoms with Crippen LogP contribution in [0.5, 0.6) is 0 Å². The number of carbonyl (C=O) groups excluding carboxylic acids is 1. The fourth-order valence-corrected chi connectivity index (χ4v) is 0.426. The van der Waals surface area contributed by atoms with Gasteiger partial charge in [0.05, 0.1) is 0 Å². The molecule has 0 aromatic carbocycles. The first kappa shape index (κ1) is 8.17. The van der Waals surface area contributed by atoms with Crippen LogP contribution in [0.25, 0.3) is 0 Å². The van der Waals surface area contributed by atoms with Gasteiger partial charge in [-0.2, -0.15) is 0 Å². The summed E-state index contributed by atoms with van der Waals surface area (Å²) in [6, 6.07) is 0. The van der Waals surface area contributed by atoms with Gasteiger partial charge in [-0.05, 0) is 6.08 Å². The van der Waals surface area contributed by atoms with Crippen molar-refractivity contribution in [2.45, 2.75) is 0 Å². The zero-order chi connectivity index (χ0) is 5.82.